The molecule has 0 atom stereocenters. The Bertz CT molecular complexity index is 482. The minimum atomic E-state index is -0.602. The molecule has 1 rings (SSSR count). The zero-order valence-corrected chi connectivity index (χ0v) is 12.3. The molecule has 20 heavy (non-hydrogen) atoms. The van der Waals surface area contributed by atoms with Gasteiger partial charge in [0.15, 0.2) is 0 Å². The van der Waals surface area contributed by atoms with Crippen LogP contribution in [0, 0.1) is 10.1 Å². The van der Waals surface area contributed by atoms with Crippen LogP contribution in [0.15, 0.2) is 12.3 Å². The normalized spacial score (nSPS) is 10.1. The van der Waals surface area contributed by atoms with Crippen LogP contribution in [0.25, 0.3) is 0 Å². The van der Waals surface area contributed by atoms with Gasteiger partial charge in [-0.25, -0.2) is 4.98 Å². The maximum atomic E-state index is 12.0. The number of nitrogens with one attached hydrogen (secondary N) is 2. The molecule has 0 aliphatic heterocycles. The van der Waals surface area contributed by atoms with Gasteiger partial charge in [0.2, 0.25) is 0 Å². The molecule has 0 saturated carbocycles. The number of rotatable bonds is 8. The van der Waals surface area contributed by atoms with Crippen LogP contribution in [-0.4, -0.2) is 41.4 Å². The summed E-state index contributed by atoms with van der Waals surface area (Å²) in [7, 11) is 1.64. The zero-order chi connectivity index (χ0) is 15.0. The van der Waals surface area contributed by atoms with Gasteiger partial charge in [-0.05, 0) is 24.9 Å². The smallest absolute Gasteiger partial charge is 0.300 e. The van der Waals surface area contributed by atoms with Gasteiger partial charge in [-0.15, -0.1) is 0 Å². The van der Waals surface area contributed by atoms with Crippen molar-refractivity contribution in [2.75, 3.05) is 30.9 Å². The zero-order valence-electron chi connectivity index (χ0n) is 11.5. The van der Waals surface area contributed by atoms with E-state index >= 15 is 0 Å². The highest BCUT2D eigenvalue weighted by molar-refractivity contribution is 7.98. The summed E-state index contributed by atoms with van der Waals surface area (Å²) in [6, 6.07) is 1.38. The van der Waals surface area contributed by atoms with E-state index in [1.807, 2.05) is 6.26 Å². The van der Waals surface area contributed by atoms with E-state index in [4.69, 9.17) is 0 Å². The van der Waals surface area contributed by atoms with E-state index in [2.05, 4.69) is 15.6 Å². The summed E-state index contributed by atoms with van der Waals surface area (Å²) in [4.78, 5) is 26.1. The van der Waals surface area contributed by atoms with Crippen molar-refractivity contribution in [1.82, 2.24) is 10.3 Å². The number of pyridine rings is 1. The van der Waals surface area contributed by atoms with Crippen LogP contribution >= 0.6 is 11.8 Å². The molecule has 0 unspecified atom stereocenters. The molecule has 1 amide bonds. The van der Waals surface area contributed by atoms with E-state index < -0.39 is 10.8 Å². The number of carbonyl (C=O) groups is 1. The number of aromatic nitrogens is 1. The van der Waals surface area contributed by atoms with Crippen molar-refractivity contribution >= 4 is 29.2 Å². The van der Waals surface area contributed by atoms with Crippen molar-refractivity contribution in [3.05, 3.63) is 27.9 Å². The maximum absolute atomic E-state index is 12.0. The quantitative estimate of drug-likeness (QED) is 0.432. The van der Waals surface area contributed by atoms with E-state index in [0.29, 0.717) is 12.4 Å². The molecule has 2 N–H and O–H groups in total. The first-order valence-electron chi connectivity index (χ1n) is 6.19. The topological polar surface area (TPSA) is 97.2 Å². The van der Waals surface area contributed by atoms with Crippen molar-refractivity contribution in [1.29, 1.82) is 0 Å². The first kappa shape index (κ1) is 16.2. The Morgan fingerprint density at radius 1 is 1.50 bits per heavy atom. The minimum Gasteiger partial charge on any atom is -0.373 e. The van der Waals surface area contributed by atoms with Crippen LogP contribution < -0.4 is 10.6 Å². The molecule has 0 aliphatic carbocycles. The third-order valence-electron chi connectivity index (χ3n) is 2.64. The van der Waals surface area contributed by atoms with Crippen molar-refractivity contribution < 1.29 is 9.72 Å². The van der Waals surface area contributed by atoms with Crippen molar-refractivity contribution in [3.8, 4) is 0 Å². The second-order valence-corrected chi connectivity index (χ2v) is 5.04. The second kappa shape index (κ2) is 8.36. The Morgan fingerprint density at radius 3 is 2.85 bits per heavy atom. The lowest BCUT2D eigenvalue weighted by Crippen LogP contribution is -2.25. The van der Waals surface area contributed by atoms with Gasteiger partial charge >= 0.3 is 0 Å². The predicted octanol–water partition coefficient (Wildman–Crippen LogP) is 1.90. The summed E-state index contributed by atoms with van der Waals surface area (Å²) < 4.78 is 0. The lowest BCUT2D eigenvalue weighted by atomic mass is 10.2. The SMILES string of the molecule is CNc1cc(C(=O)NCCCCSC)c([N+](=O)[O-])cn1. The maximum Gasteiger partial charge on any atom is 0.300 e. The van der Waals surface area contributed by atoms with E-state index in [0.717, 1.165) is 24.8 Å². The number of hydrogen-bond acceptors (Lipinski definition) is 6. The summed E-state index contributed by atoms with van der Waals surface area (Å²) in [5.74, 6) is 1.01. The highest BCUT2D eigenvalue weighted by Crippen LogP contribution is 2.19. The first-order chi connectivity index (χ1) is 9.60. The Kier molecular flexibility index (Phi) is 6.78. The monoisotopic (exact) mass is 298 g/mol. The van der Waals surface area contributed by atoms with Gasteiger partial charge in [-0.3, -0.25) is 14.9 Å². The number of carbonyl (C=O) groups excluding carboxylic acids is 1. The molecular weight excluding hydrogens is 280 g/mol. The van der Waals surface area contributed by atoms with Crippen LogP contribution in [0.5, 0.6) is 0 Å². The molecule has 0 spiro atoms. The third kappa shape index (κ3) is 4.69. The Balaban J connectivity index is 2.72. The van der Waals surface area contributed by atoms with E-state index in [9.17, 15) is 14.9 Å². The van der Waals surface area contributed by atoms with Gasteiger partial charge < -0.3 is 10.6 Å². The number of hydrogen-bond donors (Lipinski definition) is 2. The largest absolute Gasteiger partial charge is 0.373 e. The number of unbranched alkanes of at least 4 members (excludes halogenated alkanes) is 1. The summed E-state index contributed by atoms with van der Waals surface area (Å²) >= 11 is 1.75. The predicted molar refractivity (Wildman–Crippen MR) is 80.4 cm³/mol. The molecule has 110 valence electrons. The van der Waals surface area contributed by atoms with Crippen LogP contribution in [0.4, 0.5) is 11.5 Å². The fourth-order valence-electron chi connectivity index (χ4n) is 1.58. The van der Waals surface area contributed by atoms with E-state index in [1.54, 1.807) is 18.8 Å². The Morgan fingerprint density at radius 2 is 2.25 bits per heavy atom. The van der Waals surface area contributed by atoms with E-state index in [-0.39, 0.29) is 11.3 Å². The van der Waals surface area contributed by atoms with Gasteiger partial charge in [-0.2, -0.15) is 11.8 Å². The number of thioether (sulfide) groups is 1. The molecule has 8 heteroatoms. The van der Waals surface area contributed by atoms with Gasteiger partial charge in [-0.1, -0.05) is 0 Å². The highest BCUT2D eigenvalue weighted by atomic mass is 32.2. The molecule has 0 bridgehead atoms. The second-order valence-electron chi connectivity index (χ2n) is 4.05. The summed E-state index contributed by atoms with van der Waals surface area (Å²) in [6.07, 6.45) is 4.97. The average molecular weight is 298 g/mol. The molecular formula is C12H18N4O3S. The Labute approximate surface area is 121 Å². The van der Waals surface area contributed by atoms with Crippen molar-refractivity contribution in [3.63, 3.8) is 0 Å². The minimum absolute atomic E-state index is 0.0271. The summed E-state index contributed by atoms with van der Waals surface area (Å²) in [5, 5.41) is 16.4. The number of nitro groups is 1. The Hall–Kier alpha value is -1.83. The number of anilines is 1. The molecule has 0 fully saturated rings. The van der Waals surface area contributed by atoms with Crippen LogP contribution in [0.3, 0.4) is 0 Å². The molecule has 1 aromatic rings. The summed E-state index contributed by atoms with van der Waals surface area (Å²) in [6.45, 7) is 0.508. The third-order valence-corrected chi connectivity index (χ3v) is 3.34. The number of amides is 1. The van der Waals surface area contributed by atoms with E-state index in [1.165, 1.54) is 6.07 Å². The van der Waals surface area contributed by atoms with Crippen LogP contribution in [-0.2, 0) is 0 Å². The van der Waals surface area contributed by atoms with Gasteiger partial charge in [0.05, 0.1) is 4.92 Å². The van der Waals surface area contributed by atoms with Crippen LogP contribution in [0.1, 0.15) is 23.2 Å². The lowest BCUT2D eigenvalue weighted by Gasteiger charge is -2.07. The van der Waals surface area contributed by atoms with Crippen molar-refractivity contribution in [2.45, 2.75) is 12.8 Å². The first-order valence-corrected chi connectivity index (χ1v) is 7.59. The fraction of sp³-hybridized carbons (Fsp3) is 0.500. The molecule has 0 saturated heterocycles. The molecule has 1 heterocycles. The average Bonchev–Trinajstić information content (AvgIpc) is 2.46. The fourth-order valence-corrected chi connectivity index (χ4v) is 2.07. The highest BCUT2D eigenvalue weighted by Gasteiger charge is 2.21. The number of nitrogens with zero attached hydrogens (tertiary/aromatic N) is 2. The van der Waals surface area contributed by atoms with Gasteiger partial charge in [0, 0.05) is 19.7 Å². The molecule has 0 aromatic carbocycles. The molecule has 0 aliphatic rings. The molecule has 1 aromatic heterocycles. The lowest BCUT2D eigenvalue weighted by molar-refractivity contribution is -0.385. The van der Waals surface area contributed by atoms with Gasteiger partial charge in [0.1, 0.15) is 17.6 Å². The van der Waals surface area contributed by atoms with Gasteiger partial charge in [0.25, 0.3) is 11.6 Å². The van der Waals surface area contributed by atoms with Crippen molar-refractivity contribution in [2.24, 2.45) is 0 Å². The van der Waals surface area contributed by atoms with Crippen LogP contribution in [0.2, 0.25) is 0 Å². The summed E-state index contributed by atoms with van der Waals surface area (Å²) in [5.41, 5.74) is -0.259. The molecule has 7 nitrogen and oxygen atoms in total. The molecule has 0 radical (unpaired) electrons. The standard InChI is InChI=1S/C12H18N4O3S/c1-13-11-7-9(10(8-15-11)16(18)19)12(17)14-5-3-4-6-20-2/h7-8H,3-6H2,1-2H3,(H,13,15)(H,14,17).